The molecule has 1 atom stereocenters. The summed E-state index contributed by atoms with van der Waals surface area (Å²) < 4.78 is 0. The van der Waals surface area contributed by atoms with E-state index in [1.54, 1.807) is 0 Å². The summed E-state index contributed by atoms with van der Waals surface area (Å²) in [6.45, 7) is 5.74. The maximum atomic E-state index is 11.8. The van der Waals surface area contributed by atoms with Crippen molar-refractivity contribution in [3.63, 3.8) is 0 Å². The second-order valence-corrected chi connectivity index (χ2v) is 5.12. The number of carbonyl (C=O) groups is 2. The van der Waals surface area contributed by atoms with Gasteiger partial charge in [0.2, 0.25) is 0 Å². The summed E-state index contributed by atoms with van der Waals surface area (Å²) in [7, 11) is 0. The Bertz CT molecular complexity index is 488. The fourth-order valence-corrected chi connectivity index (χ4v) is 2.00. The highest BCUT2D eigenvalue weighted by Crippen LogP contribution is 2.12. The van der Waals surface area contributed by atoms with Crippen LogP contribution in [-0.2, 0) is 11.3 Å². The van der Waals surface area contributed by atoms with Crippen LogP contribution in [0.1, 0.15) is 37.8 Å². The lowest BCUT2D eigenvalue weighted by atomic mass is 9.97. The smallest absolute Gasteiger partial charge is 0.329 e. The molecule has 0 aliphatic heterocycles. The molecule has 0 bridgehead atoms. The summed E-state index contributed by atoms with van der Waals surface area (Å²) in [6, 6.07) is 7.26. The number of carboxylic acid groups (broad SMARTS) is 1. The third-order valence-corrected chi connectivity index (χ3v) is 3.31. The van der Waals surface area contributed by atoms with E-state index in [9.17, 15) is 14.7 Å². The topological polar surface area (TPSA) is 78.4 Å². The van der Waals surface area contributed by atoms with E-state index in [1.165, 1.54) is 6.92 Å². The molecule has 0 saturated heterocycles. The molecule has 1 aromatic rings. The number of benzene rings is 1. The minimum Gasteiger partial charge on any atom is -0.480 e. The molecule has 110 valence electrons. The molecular weight excluding hydrogens is 256 g/mol. The zero-order chi connectivity index (χ0) is 15.2. The molecule has 2 amide bonds. The van der Waals surface area contributed by atoms with Crippen molar-refractivity contribution in [3.8, 4) is 0 Å². The van der Waals surface area contributed by atoms with Crippen LogP contribution in [0.4, 0.5) is 4.79 Å². The highest BCUT2D eigenvalue weighted by molar-refractivity contribution is 5.85. The van der Waals surface area contributed by atoms with Gasteiger partial charge in [-0.1, -0.05) is 37.6 Å². The second kappa shape index (κ2) is 6.93. The van der Waals surface area contributed by atoms with E-state index in [4.69, 9.17) is 0 Å². The number of nitrogens with one attached hydrogen (secondary N) is 2. The molecule has 0 spiro atoms. The predicted molar refractivity (Wildman–Crippen MR) is 77.5 cm³/mol. The predicted octanol–water partition coefficient (Wildman–Crippen LogP) is 2.44. The molecule has 0 aliphatic carbocycles. The molecule has 5 heteroatoms. The first-order chi connectivity index (χ1) is 9.39. The number of aliphatic carboxylic acids is 1. The molecule has 0 aliphatic rings. The number of aryl methyl sites for hydroxylation is 1. The van der Waals surface area contributed by atoms with Crippen LogP contribution in [0.3, 0.4) is 0 Å². The average molecular weight is 278 g/mol. The van der Waals surface area contributed by atoms with Gasteiger partial charge in [-0.2, -0.15) is 0 Å². The normalized spacial score (nSPS) is 13.3. The molecular formula is C15H22N2O3. The summed E-state index contributed by atoms with van der Waals surface area (Å²) in [5.41, 5.74) is 0.863. The first-order valence-corrected chi connectivity index (χ1v) is 6.73. The molecule has 20 heavy (non-hydrogen) atoms. The second-order valence-electron chi connectivity index (χ2n) is 5.12. The summed E-state index contributed by atoms with van der Waals surface area (Å²) in [5, 5.41) is 14.4. The van der Waals surface area contributed by atoms with Crippen LogP contribution >= 0.6 is 0 Å². The Morgan fingerprint density at radius 1 is 1.30 bits per heavy atom. The van der Waals surface area contributed by atoms with Crippen molar-refractivity contribution >= 4 is 12.0 Å². The summed E-state index contributed by atoms with van der Waals surface area (Å²) in [4.78, 5) is 23.1. The van der Waals surface area contributed by atoms with Crippen molar-refractivity contribution in [3.05, 3.63) is 35.4 Å². The SMILES string of the molecule is CCCC(C)(NC(=O)NCc1ccccc1C)C(=O)O. The van der Waals surface area contributed by atoms with Gasteiger partial charge in [-0.05, 0) is 31.4 Å². The van der Waals surface area contributed by atoms with E-state index in [1.807, 2.05) is 38.1 Å². The summed E-state index contributed by atoms with van der Waals surface area (Å²) in [5.74, 6) is -1.02. The number of hydrogen-bond donors (Lipinski definition) is 3. The summed E-state index contributed by atoms with van der Waals surface area (Å²) >= 11 is 0. The molecule has 1 unspecified atom stereocenters. The molecule has 5 nitrogen and oxygen atoms in total. The van der Waals surface area contributed by atoms with Gasteiger partial charge in [0.25, 0.3) is 0 Å². The maximum absolute atomic E-state index is 11.8. The Kier molecular flexibility index (Phi) is 5.55. The number of urea groups is 1. The molecule has 0 saturated carbocycles. The Morgan fingerprint density at radius 3 is 2.50 bits per heavy atom. The Balaban J connectivity index is 2.59. The van der Waals surface area contributed by atoms with Gasteiger partial charge in [-0.25, -0.2) is 9.59 Å². The summed E-state index contributed by atoms with van der Waals surface area (Å²) in [6.07, 6.45) is 1.07. The Morgan fingerprint density at radius 2 is 1.95 bits per heavy atom. The minimum atomic E-state index is -1.23. The van der Waals surface area contributed by atoms with Crippen molar-refractivity contribution in [2.24, 2.45) is 0 Å². The van der Waals surface area contributed by atoms with E-state index in [0.717, 1.165) is 11.1 Å². The quantitative estimate of drug-likeness (QED) is 0.748. The Labute approximate surface area is 119 Å². The van der Waals surface area contributed by atoms with E-state index in [-0.39, 0.29) is 0 Å². The van der Waals surface area contributed by atoms with Gasteiger partial charge in [0.05, 0.1) is 0 Å². The first-order valence-electron chi connectivity index (χ1n) is 6.73. The number of carboxylic acids is 1. The lowest BCUT2D eigenvalue weighted by Gasteiger charge is -2.25. The van der Waals surface area contributed by atoms with E-state index in [2.05, 4.69) is 10.6 Å². The molecule has 3 N–H and O–H groups in total. The molecule has 0 aromatic heterocycles. The zero-order valence-corrected chi connectivity index (χ0v) is 12.2. The number of hydrogen-bond acceptors (Lipinski definition) is 2. The molecule has 1 aromatic carbocycles. The van der Waals surface area contributed by atoms with Gasteiger partial charge >= 0.3 is 12.0 Å². The fraction of sp³-hybridized carbons (Fsp3) is 0.467. The lowest BCUT2D eigenvalue weighted by Crippen LogP contribution is -2.55. The van der Waals surface area contributed by atoms with Crippen molar-refractivity contribution in [2.75, 3.05) is 0 Å². The van der Waals surface area contributed by atoms with Crippen molar-refractivity contribution in [2.45, 2.75) is 45.7 Å². The van der Waals surface area contributed by atoms with Crippen LogP contribution in [0, 0.1) is 6.92 Å². The van der Waals surface area contributed by atoms with E-state index >= 15 is 0 Å². The van der Waals surface area contributed by atoms with Gasteiger partial charge in [0, 0.05) is 6.54 Å². The van der Waals surface area contributed by atoms with Crippen LogP contribution in [0.25, 0.3) is 0 Å². The maximum Gasteiger partial charge on any atom is 0.329 e. The number of rotatable bonds is 6. The van der Waals surface area contributed by atoms with E-state index in [0.29, 0.717) is 19.4 Å². The number of carbonyl (C=O) groups excluding carboxylic acids is 1. The standard InChI is InChI=1S/C15H22N2O3/c1-4-9-15(3,13(18)19)17-14(20)16-10-12-8-6-5-7-11(12)2/h5-8H,4,9-10H2,1-3H3,(H,18,19)(H2,16,17,20). The van der Waals surface area contributed by atoms with Gasteiger partial charge in [-0.15, -0.1) is 0 Å². The molecule has 0 radical (unpaired) electrons. The first kappa shape index (κ1) is 16.0. The van der Waals surface area contributed by atoms with Crippen molar-refractivity contribution < 1.29 is 14.7 Å². The van der Waals surface area contributed by atoms with Gasteiger partial charge in [0.15, 0.2) is 0 Å². The van der Waals surface area contributed by atoms with E-state index < -0.39 is 17.5 Å². The Hall–Kier alpha value is -2.04. The fourth-order valence-electron chi connectivity index (χ4n) is 2.00. The number of amides is 2. The third-order valence-electron chi connectivity index (χ3n) is 3.31. The van der Waals surface area contributed by atoms with Crippen LogP contribution in [0.2, 0.25) is 0 Å². The van der Waals surface area contributed by atoms with Gasteiger partial charge in [0.1, 0.15) is 5.54 Å². The van der Waals surface area contributed by atoms with Crippen LogP contribution in [0.5, 0.6) is 0 Å². The minimum absolute atomic E-state index is 0.375. The highest BCUT2D eigenvalue weighted by atomic mass is 16.4. The molecule has 1 rings (SSSR count). The van der Waals surface area contributed by atoms with Crippen molar-refractivity contribution in [1.82, 2.24) is 10.6 Å². The van der Waals surface area contributed by atoms with Crippen LogP contribution in [0.15, 0.2) is 24.3 Å². The van der Waals surface area contributed by atoms with Crippen LogP contribution in [-0.4, -0.2) is 22.6 Å². The van der Waals surface area contributed by atoms with Gasteiger partial charge < -0.3 is 15.7 Å². The lowest BCUT2D eigenvalue weighted by molar-refractivity contribution is -0.144. The highest BCUT2D eigenvalue weighted by Gasteiger charge is 2.33. The monoisotopic (exact) mass is 278 g/mol. The molecule has 0 heterocycles. The average Bonchev–Trinajstić information content (AvgIpc) is 2.38. The van der Waals surface area contributed by atoms with Gasteiger partial charge in [-0.3, -0.25) is 0 Å². The molecule has 0 fully saturated rings. The van der Waals surface area contributed by atoms with Crippen LogP contribution < -0.4 is 10.6 Å². The zero-order valence-electron chi connectivity index (χ0n) is 12.2. The largest absolute Gasteiger partial charge is 0.480 e. The van der Waals surface area contributed by atoms with Crippen molar-refractivity contribution in [1.29, 1.82) is 0 Å². The third kappa shape index (κ3) is 4.26.